The lowest BCUT2D eigenvalue weighted by atomic mass is 9.94. The van der Waals surface area contributed by atoms with Gasteiger partial charge in [0.05, 0.1) is 12.0 Å². The smallest absolute Gasteiger partial charge is 0.292 e. The third-order valence-corrected chi connectivity index (χ3v) is 6.35. The number of amides is 1. The van der Waals surface area contributed by atoms with Gasteiger partial charge >= 0.3 is 0 Å². The van der Waals surface area contributed by atoms with Gasteiger partial charge in [0.1, 0.15) is 11.4 Å². The maximum absolute atomic E-state index is 13.1. The molecule has 4 rings (SSSR count). The number of methoxy groups -OCH3 is 1. The van der Waals surface area contributed by atoms with Gasteiger partial charge in [-0.15, -0.1) is 0 Å². The quantitative estimate of drug-likeness (QED) is 0.554. The van der Waals surface area contributed by atoms with E-state index in [0.29, 0.717) is 24.7 Å². The highest BCUT2D eigenvalue weighted by atomic mass is 16.6. The molecule has 1 atom stereocenters. The van der Waals surface area contributed by atoms with Crippen LogP contribution in [0.25, 0.3) is 0 Å². The molecule has 30 heavy (non-hydrogen) atoms. The molecule has 0 N–H and O–H groups in total. The fourth-order valence-corrected chi connectivity index (χ4v) is 4.62. The molecule has 0 aliphatic carbocycles. The first-order chi connectivity index (χ1) is 14.6. The van der Waals surface area contributed by atoms with Crippen molar-refractivity contribution in [3.8, 4) is 5.75 Å². The lowest BCUT2D eigenvalue weighted by Crippen LogP contribution is -2.42. The van der Waals surface area contributed by atoms with Crippen LogP contribution in [0.4, 0.5) is 11.4 Å². The van der Waals surface area contributed by atoms with Crippen molar-refractivity contribution < 1.29 is 14.5 Å². The zero-order valence-electron chi connectivity index (χ0n) is 17.2. The first kappa shape index (κ1) is 20.2. The van der Waals surface area contributed by atoms with Crippen LogP contribution in [0.5, 0.6) is 5.75 Å². The molecule has 0 radical (unpaired) electrons. The second-order valence-electron chi connectivity index (χ2n) is 8.05. The van der Waals surface area contributed by atoms with Crippen molar-refractivity contribution in [2.24, 2.45) is 5.92 Å². The van der Waals surface area contributed by atoms with E-state index >= 15 is 0 Å². The topological polar surface area (TPSA) is 75.9 Å². The van der Waals surface area contributed by atoms with Gasteiger partial charge in [-0.1, -0.05) is 24.3 Å². The number of para-hydroxylation sites is 2. The van der Waals surface area contributed by atoms with Gasteiger partial charge in [0.2, 0.25) is 5.91 Å². The highest BCUT2D eigenvalue weighted by Gasteiger charge is 2.34. The Balaban J connectivity index is 1.34. The van der Waals surface area contributed by atoms with Crippen LogP contribution < -0.4 is 9.64 Å². The predicted molar refractivity (Wildman–Crippen MR) is 115 cm³/mol. The molecule has 0 saturated carbocycles. The molecule has 0 bridgehead atoms. The Bertz CT molecular complexity index is 907. The van der Waals surface area contributed by atoms with E-state index in [9.17, 15) is 14.9 Å². The van der Waals surface area contributed by atoms with Crippen LogP contribution in [0.2, 0.25) is 0 Å². The minimum Gasteiger partial charge on any atom is -0.497 e. The van der Waals surface area contributed by atoms with E-state index in [1.165, 1.54) is 11.6 Å². The van der Waals surface area contributed by atoms with E-state index < -0.39 is 0 Å². The Labute approximate surface area is 176 Å². The van der Waals surface area contributed by atoms with Gasteiger partial charge in [-0.05, 0) is 43.0 Å². The molecule has 1 unspecified atom stereocenters. The molecule has 2 aliphatic heterocycles. The number of carbonyl (C=O) groups is 1. The van der Waals surface area contributed by atoms with Crippen molar-refractivity contribution in [1.29, 1.82) is 0 Å². The number of nitro groups is 1. The van der Waals surface area contributed by atoms with E-state index in [0.717, 1.165) is 38.1 Å². The number of nitrogens with zero attached hydrogens (tertiary/aromatic N) is 3. The van der Waals surface area contributed by atoms with Crippen molar-refractivity contribution in [3.05, 3.63) is 64.2 Å². The van der Waals surface area contributed by atoms with E-state index in [1.807, 2.05) is 28.0 Å². The Morgan fingerprint density at radius 3 is 2.40 bits per heavy atom. The second-order valence-corrected chi connectivity index (χ2v) is 8.05. The number of likely N-dealkylation sites (tertiary alicyclic amines) is 1. The van der Waals surface area contributed by atoms with Crippen LogP contribution in [0.15, 0.2) is 48.5 Å². The lowest BCUT2D eigenvalue weighted by Gasteiger charge is -2.34. The molecule has 2 aromatic rings. The Morgan fingerprint density at radius 2 is 1.73 bits per heavy atom. The molecule has 2 saturated heterocycles. The summed E-state index contributed by atoms with van der Waals surface area (Å²) in [6.07, 6.45) is 2.44. The average Bonchev–Trinajstić information content (AvgIpc) is 3.29. The summed E-state index contributed by atoms with van der Waals surface area (Å²) in [5.41, 5.74) is 2.02. The van der Waals surface area contributed by atoms with Gasteiger partial charge in [-0.2, -0.15) is 0 Å². The molecule has 7 nitrogen and oxygen atoms in total. The van der Waals surface area contributed by atoms with Gasteiger partial charge in [0, 0.05) is 44.1 Å². The minimum atomic E-state index is -0.337. The Morgan fingerprint density at radius 1 is 1.03 bits per heavy atom. The van der Waals surface area contributed by atoms with Gasteiger partial charge in [-0.25, -0.2) is 0 Å². The highest BCUT2D eigenvalue weighted by Crippen LogP contribution is 2.33. The number of ether oxygens (including phenoxy) is 1. The van der Waals surface area contributed by atoms with Crippen LogP contribution in [0.1, 0.15) is 30.7 Å². The van der Waals surface area contributed by atoms with Crippen molar-refractivity contribution in [3.63, 3.8) is 0 Å². The molecular weight excluding hydrogens is 382 g/mol. The normalized spacial score (nSPS) is 19.7. The summed E-state index contributed by atoms with van der Waals surface area (Å²) in [5, 5.41) is 11.3. The number of nitro benzene ring substituents is 1. The molecule has 158 valence electrons. The van der Waals surface area contributed by atoms with E-state index in [4.69, 9.17) is 4.74 Å². The predicted octanol–water partition coefficient (Wildman–Crippen LogP) is 3.84. The fraction of sp³-hybridized carbons (Fsp3) is 0.435. The summed E-state index contributed by atoms with van der Waals surface area (Å²) < 4.78 is 5.23. The summed E-state index contributed by atoms with van der Waals surface area (Å²) >= 11 is 0. The molecular formula is C23H27N3O4. The summed E-state index contributed by atoms with van der Waals surface area (Å²) in [5.74, 6) is 1.44. The van der Waals surface area contributed by atoms with Gasteiger partial charge in [0.25, 0.3) is 5.69 Å². The SMILES string of the molecule is COc1ccc(C2CCN(C(=O)C3CCN(c4ccccc4[N+](=O)[O-])CC3)C2)cc1. The van der Waals surface area contributed by atoms with Crippen molar-refractivity contribution in [2.45, 2.75) is 25.2 Å². The van der Waals surface area contributed by atoms with Crippen LogP contribution in [0, 0.1) is 16.0 Å². The molecule has 0 spiro atoms. The number of benzene rings is 2. The third-order valence-electron chi connectivity index (χ3n) is 6.35. The summed E-state index contributed by atoms with van der Waals surface area (Å²) in [6, 6.07) is 15.0. The van der Waals surface area contributed by atoms with E-state index in [1.54, 1.807) is 19.2 Å². The van der Waals surface area contributed by atoms with Crippen molar-refractivity contribution in [1.82, 2.24) is 4.90 Å². The van der Waals surface area contributed by atoms with Crippen molar-refractivity contribution in [2.75, 3.05) is 38.2 Å². The zero-order chi connectivity index (χ0) is 21.1. The first-order valence-electron chi connectivity index (χ1n) is 10.5. The van der Waals surface area contributed by atoms with Crippen LogP contribution >= 0.6 is 0 Å². The van der Waals surface area contributed by atoms with Crippen LogP contribution in [0.3, 0.4) is 0 Å². The molecule has 2 aromatic carbocycles. The molecule has 7 heteroatoms. The number of carbonyl (C=O) groups excluding carboxylic acids is 1. The number of anilines is 1. The molecule has 2 heterocycles. The lowest BCUT2D eigenvalue weighted by molar-refractivity contribution is -0.384. The Kier molecular flexibility index (Phi) is 5.88. The van der Waals surface area contributed by atoms with E-state index in [-0.39, 0.29) is 22.4 Å². The van der Waals surface area contributed by atoms with Crippen molar-refractivity contribution >= 4 is 17.3 Å². The maximum Gasteiger partial charge on any atom is 0.292 e. The maximum atomic E-state index is 13.1. The number of piperidine rings is 1. The van der Waals surface area contributed by atoms with Crippen LogP contribution in [-0.2, 0) is 4.79 Å². The summed E-state index contributed by atoms with van der Waals surface area (Å²) in [7, 11) is 1.66. The molecule has 0 aromatic heterocycles. The summed E-state index contributed by atoms with van der Waals surface area (Å²) in [6.45, 7) is 2.88. The molecule has 2 fully saturated rings. The number of rotatable bonds is 5. The standard InChI is InChI=1S/C23H27N3O4/c1-30-20-8-6-17(7-9-20)19-12-15-25(16-19)23(27)18-10-13-24(14-11-18)21-4-2-3-5-22(21)26(28)29/h2-9,18-19H,10-16H2,1H3. The Hall–Kier alpha value is -3.09. The molecule has 1 amide bonds. The van der Waals surface area contributed by atoms with E-state index in [2.05, 4.69) is 12.1 Å². The number of hydrogen-bond acceptors (Lipinski definition) is 5. The first-order valence-corrected chi connectivity index (χ1v) is 10.5. The van der Waals surface area contributed by atoms with Gasteiger partial charge < -0.3 is 14.5 Å². The average molecular weight is 409 g/mol. The number of hydrogen-bond donors (Lipinski definition) is 0. The fourth-order valence-electron chi connectivity index (χ4n) is 4.62. The summed E-state index contributed by atoms with van der Waals surface area (Å²) in [4.78, 5) is 28.1. The van der Waals surface area contributed by atoms with Gasteiger partial charge in [-0.3, -0.25) is 14.9 Å². The molecule has 2 aliphatic rings. The largest absolute Gasteiger partial charge is 0.497 e. The monoisotopic (exact) mass is 409 g/mol. The highest BCUT2D eigenvalue weighted by molar-refractivity contribution is 5.79. The minimum absolute atomic E-state index is 0.00126. The zero-order valence-corrected chi connectivity index (χ0v) is 17.2. The van der Waals surface area contributed by atoms with Crippen LogP contribution in [-0.4, -0.2) is 49.0 Å². The van der Waals surface area contributed by atoms with Gasteiger partial charge in [0.15, 0.2) is 0 Å². The second kappa shape index (κ2) is 8.73. The third kappa shape index (κ3) is 4.10.